The molecule has 4 nitrogen and oxygen atoms in total. The van der Waals surface area contributed by atoms with Gasteiger partial charge in [0.05, 0.1) is 5.69 Å². The highest BCUT2D eigenvalue weighted by Crippen LogP contribution is 2.08. The maximum atomic E-state index is 10.8. The van der Waals surface area contributed by atoms with Gasteiger partial charge in [-0.3, -0.25) is 0 Å². The molecule has 4 heteroatoms. The van der Waals surface area contributed by atoms with E-state index in [2.05, 4.69) is 5.10 Å². The molecule has 0 saturated heterocycles. The Kier molecular flexibility index (Phi) is 2.49. The molecule has 1 heterocycles. The van der Waals surface area contributed by atoms with Crippen LogP contribution in [0.1, 0.15) is 11.3 Å². The minimum Gasteiger partial charge on any atom is -0.463 e. The van der Waals surface area contributed by atoms with Crippen molar-refractivity contribution in [2.75, 3.05) is 0 Å². The van der Waals surface area contributed by atoms with Gasteiger partial charge in [-0.1, -0.05) is 30.3 Å². The molecule has 0 aliphatic heterocycles. The first-order chi connectivity index (χ1) is 7.27. The van der Waals surface area contributed by atoms with Crippen LogP contribution in [0.2, 0.25) is 0 Å². The first-order valence-corrected chi connectivity index (χ1v) is 4.57. The number of aromatic nitrogens is 2. The first-order valence-electron chi connectivity index (χ1n) is 4.57. The maximum Gasteiger partial charge on any atom is 0.432 e. The summed E-state index contributed by atoms with van der Waals surface area (Å²) >= 11 is 0. The van der Waals surface area contributed by atoms with Crippen molar-refractivity contribution in [1.82, 2.24) is 9.78 Å². The molecule has 15 heavy (non-hydrogen) atoms. The molecule has 0 spiro atoms. The maximum absolute atomic E-state index is 10.8. The van der Waals surface area contributed by atoms with Crippen molar-refractivity contribution in [3.8, 4) is 0 Å². The van der Waals surface area contributed by atoms with Crippen molar-refractivity contribution in [1.29, 1.82) is 0 Å². The minimum absolute atomic E-state index is 0.577. The predicted octanol–water partition coefficient (Wildman–Crippen LogP) is 2.00. The predicted molar refractivity (Wildman–Crippen MR) is 54.9 cm³/mol. The van der Waals surface area contributed by atoms with E-state index in [1.807, 2.05) is 30.3 Å². The van der Waals surface area contributed by atoms with Gasteiger partial charge in [-0.2, -0.15) is 9.78 Å². The van der Waals surface area contributed by atoms with Gasteiger partial charge in [0.2, 0.25) is 0 Å². The lowest BCUT2D eigenvalue weighted by Crippen LogP contribution is -2.13. The summed E-state index contributed by atoms with van der Waals surface area (Å²) in [6.07, 6.45) is 1.02. The zero-order chi connectivity index (χ0) is 10.7. The van der Waals surface area contributed by atoms with Crippen LogP contribution in [0.4, 0.5) is 4.79 Å². The molecule has 0 aliphatic rings. The van der Waals surface area contributed by atoms with Gasteiger partial charge in [-0.15, -0.1) is 0 Å². The van der Waals surface area contributed by atoms with E-state index in [0.717, 1.165) is 10.2 Å². The van der Waals surface area contributed by atoms with E-state index in [1.54, 1.807) is 6.07 Å². The van der Waals surface area contributed by atoms with E-state index in [-0.39, 0.29) is 0 Å². The van der Waals surface area contributed by atoms with E-state index in [0.29, 0.717) is 12.1 Å². The highest BCUT2D eigenvalue weighted by molar-refractivity contribution is 5.67. The van der Waals surface area contributed by atoms with Gasteiger partial charge >= 0.3 is 6.09 Å². The van der Waals surface area contributed by atoms with Crippen molar-refractivity contribution in [3.63, 3.8) is 0 Å². The number of rotatable bonds is 2. The van der Waals surface area contributed by atoms with Crippen molar-refractivity contribution in [2.45, 2.75) is 6.42 Å². The quantitative estimate of drug-likeness (QED) is 0.810. The SMILES string of the molecule is O=C(O)n1nccc1Cc1ccccc1. The number of nitrogens with zero attached hydrogens (tertiary/aromatic N) is 2. The average Bonchev–Trinajstić information content (AvgIpc) is 2.67. The van der Waals surface area contributed by atoms with Gasteiger partial charge in [-0.05, 0) is 11.6 Å². The Balaban J connectivity index is 2.25. The summed E-state index contributed by atoms with van der Waals surface area (Å²) in [5.41, 5.74) is 1.74. The van der Waals surface area contributed by atoms with Crippen LogP contribution in [-0.2, 0) is 6.42 Å². The van der Waals surface area contributed by atoms with E-state index in [9.17, 15) is 4.79 Å². The standard InChI is InChI=1S/C11H10N2O2/c14-11(15)13-10(6-7-12-13)8-9-4-2-1-3-5-9/h1-7H,8H2,(H,14,15). The van der Waals surface area contributed by atoms with Crippen LogP contribution in [0.5, 0.6) is 0 Å². The van der Waals surface area contributed by atoms with Crippen LogP contribution in [0.15, 0.2) is 42.6 Å². The Bertz CT molecular complexity index is 462. The van der Waals surface area contributed by atoms with Gasteiger partial charge in [0.25, 0.3) is 0 Å². The molecule has 0 unspecified atom stereocenters. The molecular formula is C11H10N2O2. The third kappa shape index (κ3) is 2.04. The number of carbonyl (C=O) groups is 1. The molecule has 0 bridgehead atoms. The van der Waals surface area contributed by atoms with Gasteiger partial charge in [0.15, 0.2) is 0 Å². The molecule has 0 aliphatic carbocycles. The summed E-state index contributed by atoms with van der Waals surface area (Å²) < 4.78 is 0.993. The van der Waals surface area contributed by atoms with Crippen LogP contribution < -0.4 is 0 Å². The second-order valence-corrected chi connectivity index (χ2v) is 3.18. The lowest BCUT2D eigenvalue weighted by molar-refractivity contribution is 0.192. The fourth-order valence-electron chi connectivity index (χ4n) is 1.44. The molecule has 2 aromatic rings. The van der Waals surface area contributed by atoms with Gasteiger partial charge in [0.1, 0.15) is 0 Å². The zero-order valence-corrected chi connectivity index (χ0v) is 8.00. The fourth-order valence-corrected chi connectivity index (χ4v) is 1.44. The fraction of sp³-hybridized carbons (Fsp3) is 0.0909. The topological polar surface area (TPSA) is 55.1 Å². The largest absolute Gasteiger partial charge is 0.463 e. The second kappa shape index (κ2) is 3.96. The summed E-state index contributed by atoms with van der Waals surface area (Å²) in [4.78, 5) is 10.8. The molecule has 0 amide bonds. The molecule has 0 saturated carbocycles. The molecule has 2 rings (SSSR count). The third-order valence-corrected chi connectivity index (χ3v) is 2.13. The van der Waals surface area contributed by atoms with E-state index >= 15 is 0 Å². The van der Waals surface area contributed by atoms with Gasteiger partial charge in [-0.25, -0.2) is 4.79 Å². The molecule has 0 atom stereocenters. The van der Waals surface area contributed by atoms with E-state index in [4.69, 9.17) is 5.11 Å². The number of benzene rings is 1. The van der Waals surface area contributed by atoms with Crippen molar-refractivity contribution < 1.29 is 9.90 Å². The first kappa shape index (κ1) is 9.45. The Hall–Kier alpha value is -2.10. The summed E-state index contributed by atoms with van der Waals surface area (Å²) in [6.45, 7) is 0. The number of carboxylic acid groups (broad SMARTS) is 1. The highest BCUT2D eigenvalue weighted by Gasteiger charge is 2.08. The van der Waals surface area contributed by atoms with Crippen molar-refractivity contribution in [2.24, 2.45) is 0 Å². The number of hydrogen-bond acceptors (Lipinski definition) is 2. The summed E-state index contributed by atoms with van der Waals surface area (Å²) in [6, 6.07) is 11.4. The van der Waals surface area contributed by atoms with Gasteiger partial charge in [0, 0.05) is 12.6 Å². The molecule has 0 radical (unpaired) electrons. The van der Waals surface area contributed by atoms with Crippen LogP contribution >= 0.6 is 0 Å². The lowest BCUT2D eigenvalue weighted by atomic mass is 10.1. The van der Waals surface area contributed by atoms with Crippen molar-refractivity contribution >= 4 is 6.09 Å². The van der Waals surface area contributed by atoms with Crippen LogP contribution in [0, 0.1) is 0 Å². The Labute approximate surface area is 86.8 Å². The van der Waals surface area contributed by atoms with Gasteiger partial charge < -0.3 is 5.11 Å². The number of hydrogen-bond donors (Lipinski definition) is 1. The molecule has 1 aromatic carbocycles. The zero-order valence-electron chi connectivity index (χ0n) is 8.00. The highest BCUT2D eigenvalue weighted by atomic mass is 16.4. The third-order valence-electron chi connectivity index (χ3n) is 2.13. The van der Waals surface area contributed by atoms with E-state index in [1.165, 1.54) is 6.20 Å². The normalized spacial score (nSPS) is 10.1. The van der Waals surface area contributed by atoms with Crippen molar-refractivity contribution in [3.05, 3.63) is 53.9 Å². The molecule has 0 fully saturated rings. The average molecular weight is 202 g/mol. The Morgan fingerprint density at radius 1 is 1.27 bits per heavy atom. The second-order valence-electron chi connectivity index (χ2n) is 3.18. The van der Waals surface area contributed by atoms with Crippen LogP contribution in [0.3, 0.4) is 0 Å². The molecule has 1 aromatic heterocycles. The lowest BCUT2D eigenvalue weighted by Gasteiger charge is -2.01. The smallest absolute Gasteiger partial charge is 0.432 e. The Morgan fingerprint density at radius 3 is 2.67 bits per heavy atom. The van der Waals surface area contributed by atoms with E-state index < -0.39 is 6.09 Å². The monoisotopic (exact) mass is 202 g/mol. The minimum atomic E-state index is -1.05. The summed E-state index contributed by atoms with van der Waals surface area (Å²) in [5, 5.41) is 12.6. The molecule has 1 N–H and O–H groups in total. The summed E-state index contributed by atoms with van der Waals surface area (Å²) in [5.74, 6) is 0. The van der Waals surface area contributed by atoms with Crippen LogP contribution in [0.25, 0.3) is 0 Å². The summed E-state index contributed by atoms with van der Waals surface area (Å²) in [7, 11) is 0. The Morgan fingerprint density at radius 2 is 2.00 bits per heavy atom. The molecular weight excluding hydrogens is 192 g/mol. The van der Waals surface area contributed by atoms with Crippen LogP contribution in [-0.4, -0.2) is 21.0 Å². The molecule has 76 valence electrons.